The highest BCUT2D eigenvalue weighted by molar-refractivity contribution is 5.88. The smallest absolute Gasteiger partial charge is 0.294 e. The lowest BCUT2D eigenvalue weighted by Crippen LogP contribution is -2.26. The summed E-state index contributed by atoms with van der Waals surface area (Å²) in [7, 11) is 0. The van der Waals surface area contributed by atoms with Crippen molar-refractivity contribution in [3.05, 3.63) is 97.3 Å². The average molecular weight is 402 g/mol. The molecule has 8 nitrogen and oxygen atoms in total. The predicted molar refractivity (Wildman–Crippen MR) is 112 cm³/mol. The van der Waals surface area contributed by atoms with Crippen molar-refractivity contribution in [1.82, 2.24) is 4.57 Å². The van der Waals surface area contributed by atoms with Crippen LogP contribution in [-0.2, 0) is 13.0 Å². The molecule has 0 spiro atoms. The lowest BCUT2D eigenvalue weighted by Gasteiger charge is -2.14. The minimum absolute atomic E-state index is 0.0989. The molecule has 0 aliphatic rings. The summed E-state index contributed by atoms with van der Waals surface area (Å²) in [5, 5.41) is 31.4. The van der Waals surface area contributed by atoms with E-state index in [0.717, 1.165) is 10.1 Å². The minimum Gasteiger partial charge on any atom is -0.494 e. The molecule has 3 aromatic rings. The number of pyridine rings is 1. The van der Waals surface area contributed by atoms with Crippen LogP contribution in [0.25, 0.3) is 0 Å². The number of nitro groups is 1. The Bertz CT molecular complexity index is 1220. The van der Waals surface area contributed by atoms with Crippen molar-refractivity contribution in [3.63, 3.8) is 0 Å². The first-order valence-corrected chi connectivity index (χ1v) is 9.12. The fourth-order valence-corrected chi connectivity index (χ4v) is 3.08. The maximum atomic E-state index is 12.7. The van der Waals surface area contributed by atoms with Gasteiger partial charge in [-0.15, -0.1) is 0 Å². The van der Waals surface area contributed by atoms with Gasteiger partial charge in [0.15, 0.2) is 0 Å². The molecule has 0 atom stereocenters. The lowest BCUT2D eigenvalue weighted by atomic mass is 10.1. The zero-order valence-electron chi connectivity index (χ0n) is 16.1. The molecule has 0 unspecified atom stereocenters. The monoisotopic (exact) mass is 402 g/mol. The summed E-state index contributed by atoms with van der Waals surface area (Å²) < 4.78 is 1.12. The molecule has 3 rings (SSSR count). The maximum Gasteiger partial charge on any atom is 0.294 e. The molecule has 0 fully saturated rings. The number of aryl methyl sites for hydroxylation is 1. The molecule has 0 saturated carbocycles. The molecular weight excluding hydrogens is 384 g/mol. The SMILES string of the molecule is Cc1c(C=Nc2ccccc2[N+](=O)[O-])c(O)n(CCc2ccccc2)c(=O)c1C#N. The third-order valence-electron chi connectivity index (χ3n) is 4.72. The summed E-state index contributed by atoms with van der Waals surface area (Å²) >= 11 is 0. The van der Waals surface area contributed by atoms with Gasteiger partial charge in [-0.05, 0) is 30.5 Å². The van der Waals surface area contributed by atoms with Crippen molar-refractivity contribution in [1.29, 1.82) is 5.26 Å². The summed E-state index contributed by atoms with van der Waals surface area (Å²) in [6.45, 7) is 1.69. The largest absolute Gasteiger partial charge is 0.494 e. The molecule has 1 N–H and O–H groups in total. The number of hydrogen-bond donors (Lipinski definition) is 1. The molecule has 0 bridgehead atoms. The summed E-state index contributed by atoms with van der Waals surface area (Å²) in [6, 6.07) is 17.2. The second-order valence-electron chi connectivity index (χ2n) is 6.55. The van der Waals surface area contributed by atoms with Crippen molar-refractivity contribution < 1.29 is 10.0 Å². The van der Waals surface area contributed by atoms with Gasteiger partial charge in [-0.1, -0.05) is 42.5 Å². The van der Waals surface area contributed by atoms with Gasteiger partial charge in [0.2, 0.25) is 5.88 Å². The summed E-state index contributed by atoms with van der Waals surface area (Å²) in [5.74, 6) is -0.338. The van der Waals surface area contributed by atoms with E-state index in [1.807, 2.05) is 36.4 Å². The van der Waals surface area contributed by atoms with Crippen LogP contribution >= 0.6 is 0 Å². The van der Waals surface area contributed by atoms with Crippen LogP contribution in [-0.4, -0.2) is 20.8 Å². The Kier molecular flexibility index (Phi) is 6.03. The molecule has 0 radical (unpaired) electrons. The predicted octanol–water partition coefficient (Wildman–Crippen LogP) is 3.64. The molecule has 0 aliphatic carbocycles. The van der Waals surface area contributed by atoms with Gasteiger partial charge in [0, 0.05) is 18.8 Å². The van der Waals surface area contributed by atoms with Gasteiger partial charge in [-0.3, -0.25) is 19.5 Å². The number of nitriles is 1. The Balaban J connectivity index is 2.06. The second kappa shape index (κ2) is 8.84. The van der Waals surface area contributed by atoms with Crippen molar-refractivity contribution in [2.75, 3.05) is 0 Å². The van der Waals surface area contributed by atoms with Gasteiger partial charge in [-0.25, -0.2) is 4.99 Å². The van der Waals surface area contributed by atoms with E-state index in [0.29, 0.717) is 6.42 Å². The van der Waals surface area contributed by atoms with Crippen molar-refractivity contribution in [2.24, 2.45) is 4.99 Å². The van der Waals surface area contributed by atoms with Gasteiger partial charge in [-0.2, -0.15) is 5.26 Å². The molecular formula is C22H18N4O4. The Morgan fingerprint density at radius 1 is 1.20 bits per heavy atom. The lowest BCUT2D eigenvalue weighted by molar-refractivity contribution is -0.384. The topological polar surface area (TPSA) is 122 Å². The van der Waals surface area contributed by atoms with Crippen molar-refractivity contribution >= 4 is 17.6 Å². The Hall–Kier alpha value is -4.25. The van der Waals surface area contributed by atoms with E-state index in [1.165, 1.54) is 31.3 Å². The van der Waals surface area contributed by atoms with Crippen LogP contribution in [0.15, 0.2) is 64.4 Å². The van der Waals surface area contributed by atoms with E-state index in [4.69, 9.17) is 0 Å². The van der Waals surface area contributed by atoms with Crippen LogP contribution in [0.4, 0.5) is 11.4 Å². The third-order valence-corrected chi connectivity index (χ3v) is 4.72. The quantitative estimate of drug-likeness (QED) is 0.383. The molecule has 30 heavy (non-hydrogen) atoms. The summed E-state index contributed by atoms with van der Waals surface area (Å²) in [4.78, 5) is 27.4. The Labute approximate surface area is 172 Å². The summed E-state index contributed by atoms with van der Waals surface area (Å²) in [6.07, 6.45) is 1.72. The van der Waals surface area contributed by atoms with Crippen LogP contribution in [0.2, 0.25) is 0 Å². The number of aromatic hydroxyl groups is 1. The Morgan fingerprint density at radius 2 is 1.87 bits per heavy atom. The van der Waals surface area contributed by atoms with E-state index in [1.54, 1.807) is 6.07 Å². The number of aliphatic imine (C=N–C) groups is 1. The highest BCUT2D eigenvalue weighted by Gasteiger charge is 2.18. The Morgan fingerprint density at radius 3 is 2.53 bits per heavy atom. The maximum absolute atomic E-state index is 12.7. The minimum atomic E-state index is -0.591. The zero-order chi connectivity index (χ0) is 21.7. The highest BCUT2D eigenvalue weighted by Crippen LogP contribution is 2.27. The standard InChI is InChI=1S/C22H18N4O4/c1-15-17(13-23)21(27)25(12-11-16-7-3-2-4-8-16)22(28)18(15)14-24-19-9-5-6-10-20(19)26(29)30/h2-10,14,28H,11-12H2,1H3. The van der Waals surface area contributed by atoms with E-state index in [-0.39, 0.29) is 40.5 Å². The number of nitrogens with zero attached hydrogens (tertiary/aromatic N) is 4. The molecule has 0 saturated heterocycles. The normalized spacial score (nSPS) is 10.8. The first-order valence-electron chi connectivity index (χ1n) is 9.12. The number of para-hydroxylation sites is 2. The van der Waals surface area contributed by atoms with Gasteiger partial charge < -0.3 is 5.11 Å². The molecule has 1 aromatic heterocycles. The molecule has 1 heterocycles. The molecule has 8 heteroatoms. The molecule has 0 amide bonds. The van der Waals surface area contributed by atoms with Gasteiger partial charge >= 0.3 is 0 Å². The average Bonchev–Trinajstić information content (AvgIpc) is 2.74. The second-order valence-corrected chi connectivity index (χ2v) is 6.55. The zero-order valence-corrected chi connectivity index (χ0v) is 16.1. The third kappa shape index (κ3) is 4.10. The van der Waals surface area contributed by atoms with E-state index >= 15 is 0 Å². The van der Waals surface area contributed by atoms with E-state index < -0.39 is 10.5 Å². The first kappa shape index (κ1) is 20.5. The number of nitro benzene ring substituents is 1. The fourth-order valence-electron chi connectivity index (χ4n) is 3.08. The highest BCUT2D eigenvalue weighted by atomic mass is 16.6. The van der Waals surface area contributed by atoms with E-state index in [2.05, 4.69) is 4.99 Å². The van der Waals surface area contributed by atoms with Crippen LogP contribution in [0.3, 0.4) is 0 Å². The van der Waals surface area contributed by atoms with Gasteiger partial charge in [0.05, 0.1) is 10.5 Å². The van der Waals surface area contributed by atoms with Crippen molar-refractivity contribution in [2.45, 2.75) is 19.9 Å². The van der Waals surface area contributed by atoms with Crippen LogP contribution in [0.1, 0.15) is 22.3 Å². The molecule has 150 valence electrons. The summed E-state index contributed by atoms with van der Waals surface area (Å²) in [5.41, 5.74) is 0.607. The van der Waals surface area contributed by atoms with E-state index in [9.17, 15) is 25.3 Å². The first-order chi connectivity index (χ1) is 14.4. The number of rotatable bonds is 6. The van der Waals surface area contributed by atoms with Gasteiger partial charge in [0.1, 0.15) is 17.3 Å². The van der Waals surface area contributed by atoms with Crippen LogP contribution in [0.5, 0.6) is 5.88 Å². The number of benzene rings is 2. The van der Waals surface area contributed by atoms with Crippen molar-refractivity contribution in [3.8, 4) is 11.9 Å². The number of aromatic nitrogens is 1. The molecule has 0 aliphatic heterocycles. The number of hydrogen-bond acceptors (Lipinski definition) is 6. The van der Waals surface area contributed by atoms with Crippen LogP contribution < -0.4 is 5.56 Å². The van der Waals surface area contributed by atoms with Gasteiger partial charge in [0.25, 0.3) is 11.2 Å². The molecule has 2 aromatic carbocycles. The van der Waals surface area contributed by atoms with Crippen LogP contribution in [0, 0.1) is 28.4 Å². The fraction of sp³-hybridized carbons (Fsp3) is 0.136.